The molecule has 0 amide bonds. The number of hydrogen-bond acceptors (Lipinski definition) is 2. The van der Waals surface area contributed by atoms with Gasteiger partial charge in [0.1, 0.15) is 0 Å². The molecule has 0 saturated carbocycles. The summed E-state index contributed by atoms with van der Waals surface area (Å²) in [6, 6.07) is 26.9. The molecular formula is C23H14NPdS-. The van der Waals surface area contributed by atoms with E-state index in [1.165, 1.54) is 37.5 Å². The van der Waals surface area contributed by atoms with Crippen LogP contribution in [-0.4, -0.2) is 4.98 Å². The zero-order chi connectivity index (χ0) is 16.6. The van der Waals surface area contributed by atoms with Gasteiger partial charge in [-0.1, -0.05) is 48.0 Å². The fraction of sp³-hybridized carbons (Fsp3) is 0. The van der Waals surface area contributed by atoms with E-state index >= 15 is 0 Å². The molecule has 0 bridgehead atoms. The third kappa shape index (κ3) is 2.89. The summed E-state index contributed by atoms with van der Waals surface area (Å²) in [6.45, 7) is 0. The first-order valence-electron chi connectivity index (χ1n) is 8.21. The number of fused-ring (bicyclic) bond motifs is 2. The van der Waals surface area contributed by atoms with Crippen molar-refractivity contribution in [2.75, 3.05) is 0 Å². The van der Waals surface area contributed by atoms with Gasteiger partial charge < -0.3 is 0 Å². The quantitative estimate of drug-likeness (QED) is 0.171. The largest absolute Gasteiger partial charge is 0.265 e. The Morgan fingerprint density at radius 1 is 0.808 bits per heavy atom. The molecule has 1 nitrogen and oxygen atoms in total. The van der Waals surface area contributed by atoms with Gasteiger partial charge in [0.25, 0.3) is 0 Å². The van der Waals surface area contributed by atoms with Crippen LogP contribution >= 0.6 is 11.3 Å². The molecule has 128 valence electrons. The third-order valence-corrected chi connectivity index (χ3v) is 5.43. The number of nitrogens with zero attached hydrogens (tertiary/aromatic N) is 1. The number of benzene rings is 3. The zero-order valence-corrected chi connectivity index (χ0v) is 16.1. The molecule has 0 unspecified atom stereocenters. The van der Waals surface area contributed by atoms with Gasteiger partial charge >= 0.3 is 0 Å². The average Bonchev–Trinajstić information content (AvgIpc) is 3.20. The van der Waals surface area contributed by atoms with E-state index in [0.717, 1.165) is 5.56 Å². The fourth-order valence-corrected chi connectivity index (χ4v) is 4.13. The minimum atomic E-state index is 0. The third-order valence-electron chi connectivity index (χ3n) is 4.59. The number of rotatable bonds is 2. The molecule has 0 aliphatic carbocycles. The van der Waals surface area contributed by atoms with Crippen LogP contribution in [0, 0.1) is 6.07 Å². The maximum atomic E-state index is 4.29. The molecule has 5 rings (SSSR count). The molecule has 5 aromatic rings. The Labute approximate surface area is 170 Å². The van der Waals surface area contributed by atoms with Gasteiger partial charge in [-0.05, 0) is 45.3 Å². The van der Waals surface area contributed by atoms with Crippen LogP contribution in [0.5, 0.6) is 0 Å². The Balaban J connectivity index is 0.00000168. The van der Waals surface area contributed by atoms with Crippen LogP contribution in [0.4, 0.5) is 0 Å². The van der Waals surface area contributed by atoms with Crippen LogP contribution in [0.1, 0.15) is 0 Å². The van der Waals surface area contributed by atoms with Crippen LogP contribution in [-0.2, 0) is 20.4 Å². The molecule has 0 aliphatic heterocycles. The van der Waals surface area contributed by atoms with Gasteiger partial charge in [0.2, 0.25) is 0 Å². The summed E-state index contributed by atoms with van der Waals surface area (Å²) in [5, 5.41) is 7.07. The maximum Gasteiger partial charge on any atom is 0.0346 e. The Morgan fingerprint density at radius 3 is 2.27 bits per heavy atom. The SMILES string of the molecule is [Pd].[c-]1csc(-c2cccc3cc4cccc(-c5cccnc5)c4cc23)c1. The minimum Gasteiger partial charge on any atom is -0.265 e. The predicted molar refractivity (Wildman–Crippen MR) is 107 cm³/mol. The van der Waals surface area contributed by atoms with Crippen molar-refractivity contribution in [3.05, 3.63) is 90.6 Å². The fourth-order valence-electron chi connectivity index (χ4n) is 3.42. The molecule has 0 saturated heterocycles. The van der Waals surface area contributed by atoms with Crippen molar-refractivity contribution in [2.45, 2.75) is 0 Å². The van der Waals surface area contributed by atoms with E-state index in [4.69, 9.17) is 0 Å². The van der Waals surface area contributed by atoms with Crippen molar-refractivity contribution in [1.82, 2.24) is 4.98 Å². The topological polar surface area (TPSA) is 12.9 Å². The first kappa shape index (κ1) is 17.1. The first-order chi connectivity index (χ1) is 12.4. The second kappa shape index (κ2) is 7.13. The molecule has 0 fully saturated rings. The van der Waals surface area contributed by atoms with Crippen LogP contribution in [0.2, 0.25) is 0 Å². The summed E-state index contributed by atoms with van der Waals surface area (Å²) in [5.74, 6) is 0. The second-order valence-electron chi connectivity index (χ2n) is 6.06. The number of thiophene rings is 1. The van der Waals surface area contributed by atoms with Gasteiger partial charge in [-0.3, -0.25) is 16.3 Å². The molecule has 3 heteroatoms. The van der Waals surface area contributed by atoms with E-state index in [2.05, 4.69) is 71.7 Å². The molecule has 2 aromatic heterocycles. The van der Waals surface area contributed by atoms with Crippen LogP contribution in [0.25, 0.3) is 43.1 Å². The molecule has 0 atom stereocenters. The molecule has 26 heavy (non-hydrogen) atoms. The van der Waals surface area contributed by atoms with Gasteiger partial charge in [0.05, 0.1) is 0 Å². The minimum absolute atomic E-state index is 0. The normalized spacial score (nSPS) is 10.8. The molecule has 0 spiro atoms. The van der Waals surface area contributed by atoms with Gasteiger partial charge in [-0.15, -0.1) is 10.3 Å². The van der Waals surface area contributed by atoms with Crippen molar-refractivity contribution < 1.29 is 20.4 Å². The average molecular weight is 443 g/mol. The summed E-state index contributed by atoms with van der Waals surface area (Å²) in [4.78, 5) is 5.54. The standard InChI is InChI=1S/C23H14NS.Pd/c1-5-16-13-17-6-2-9-20(23-10-4-12-25-23)22(17)14-21(16)19(8-1)18-7-3-11-24-15-18;/h1-3,5-15H;/q-1;. The van der Waals surface area contributed by atoms with Crippen LogP contribution in [0.15, 0.2) is 84.5 Å². The van der Waals surface area contributed by atoms with E-state index in [1.807, 2.05) is 23.8 Å². The predicted octanol–water partition coefficient (Wildman–Crippen LogP) is 6.58. The van der Waals surface area contributed by atoms with Crippen molar-refractivity contribution in [2.24, 2.45) is 0 Å². The van der Waals surface area contributed by atoms with Crippen molar-refractivity contribution in [3.8, 4) is 21.6 Å². The van der Waals surface area contributed by atoms with E-state index in [9.17, 15) is 0 Å². The van der Waals surface area contributed by atoms with E-state index in [-0.39, 0.29) is 20.4 Å². The molecule has 2 heterocycles. The van der Waals surface area contributed by atoms with E-state index < -0.39 is 0 Å². The monoisotopic (exact) mass is 442 g/mol. The summed E-state index contributed by atoms with van der Waals surface area (Å²) in [7, 11) is 0. The summed E-state index contributed by atoms with van der Waals surface area (Å²) in [5.41, 5.74) is 3.64. The second-order valence-corrected chi connectivity index (χ2v) is 6.97. The Hall–Kier alpha value is -2.31. The van der Waals surface area contributed by atoms with Crippen LogP contribution < -0.4 is 0 Å². The van der Waals surface area contributed by atoms with Gasteiger partial charge in [0, 0.05) is 38.4 Å². The Bertz CT molecular complexity index is 1180. The molecular weight excluding hydrogens is 429 g/mol. The maximum absolute atomic E-state index is 4.29. The van der Waals surface area contributed by atoms with Crippen molar-refractivity contribution in [3.63, 3.8) is 0 Å². The summed E-state index contributed by atoms with van der Waals surface area (Å²) < 4.78 is 0. The Kier molecular flexibility index (Phi) is 4.70. The molecule has 0 radical (unpaired) electrons. The molecule has 0 aliphatic rings. The van der Waals surface area contributed by atoms with Crippen molar-refractivity contribution >= 4 is 32.9 Å². The number of pyridine rings is 1. The van der Waals surface area contributed by atoms with E-state index in [0.29, 0.717) is 0 Å². The summed E-state index contributed by atoms with van der Waals surface area (Å²) in [6.07, 6.45) is 3.74. The summed E-state index contributed by atoms with van der Waals surface area (Å²) >= 11 is 1.73. The van der Waals surface area contributed by atoms with Gasteiger partial charge in [-0.25, -0.2) is 12.1 Å². The van der Waals surface area contributed by atoms with Gasteiger partial charge in [0.15, 0.2) is 0 Å². The zero-order valence-electron chi connectivity index (χ0n) is 13.8. The number of aromatic nitrogens is 1. The smallest absolute Gasteiger partial charge is 0.0346 e. The molecule has 0 N–H and O–H groups in total. The number of hydrogen-bond donors (Lipinski definition) is 0. The Morgan fingerprint density at radius 2 is 1.58 bits per heavy atom. The van der Waals surface area contributed by atoms with Crippen LogP contribution in [0.3, 0.4) is 0 Å². The van der Waals surface area contributed by atoms with Gasteiger partial charge in [-0.2, -0.15) is 0 Å². The van der Waals surface area contributed by atoms with Crippen molar-refractivity contribution in [1.29, 1.82) is 0 Å². The molecule has 3 aromatic carbocycles. The first-order valence-corrected chi connectivity index (χ1v) is 9.09. The van der Waals surface area contributed by atoms with E-state index in [1.54, 1.807) is 11.3 Å².